The predicted molar refractivity (Wildman–Crippen MR) is 180 cm³/mol. The van der Waals surface area contributed by atoms with E-state index in [9.17, 15) is 9.59 Å². The summed E-state index contributed by atoms with van der Waals surface area (Å²) in [5.41, 5.74) is 17.9. The number of nitriles is 1. The molecule has 0 spiro atoms. The van der Waals surface area contributed by atoms with Gasteiger partial charge in [0.2, 0.25) is 5.82 Å². The fourth-order valence-electron chi connectivity index (χ4n) is 5.37. The summed E-state index contributed by atoms with van der Waals surface area (Å²) < 4.78 is 10.8. The second-order valence-electron chi connectivity index (χ2n) is 10.8. The molecule has 0 bridgehead atoms. The highest BCUT2D eigenvalue weighted by molar-refractivity contribution is 5.89. The van der Waals surface area contributed by atoms with Crippen LogP contribution in [0.15, 0.2) is 103 Å². The van der Waals surface area contributed by atoms with Crippen LogP contribution in [0.3, 0.4) is 0 Å². The van der Waals surface area contributed by atoms with E-state index in [-0.39, 0.29) is 0 Å². The maximum Gasteiger partial charge on any atom is 0.344 e. The molecule has 4 N–H and O–H groups in total. The van der Waals surface area contributed by atoms with Crippen molar-refractivity contribution in [3.63, 3.8) is 0 Å². The van der Waals surface area contributed by atoms with Crippen molar-refractivity contribution >= 4 is 33.3 Å². The molecular formula is C36H27N7O4. The zero-order chi connectivity index (χ0) is 33.2. The molecule has 11 nitrogen and oxygen atoms in total. The highest BCUT2D eigenvalue weighted by Gasteiger charge is 2.16. The SMILES string of the molecule is Cc1c(-c2cccc(C#N)c2)c(=O)oc2cc(N)ccc12.Cc1nnc(-c2cccc(-c3c(C)c4ccc(N)cc4oc3=O)c2)nn1. The minimum atomic E-state index is -0.430. The number of anilines is 2. The van der Waals surface area contributed by atoms with Gasteiger partial charge in [-0.2, -0.15) is 5.26 Å². The van der Waals surface area contributed by atoms with E-state index in [0.29, 0.717) is 56.4 Å². The fraction of sp³-hybridized carbons (Fsp3) is 0.0833. The molecule has 0 amide bonds. The second kappa shape index (κ2) is 12.4. The molecule has 47 heavy (non-hydrogen) atoms. The van der Waals surface area contributed by atoms with Gasteiger partial charge in [0, 0.05) is 39.8 Å². The third-order valence-corrected chi connectivity index (χ3v) is 7.65. The zero-order valence-corrected chi connectivity index (χ0v) is 25.6. The number of nitrogen functional groups attached to an aromatic ring is 2. The Hall–Kier alpha value is -6.67. The van der Waals surface area contributed by atoms with Crippen LogP contribution in [0.4, 0.5) is 11.4 Å². The Labute approximate surface area is 267 Å². The lowest BCUT2D eigenvalue weighted by Crippen LogP contribution is -2.06. The smallest absolute Gasteiger partial charge is 0.344 e. The van der Waals surface area contributed by atoms with Crippen LogP contribution in [-0.4, -0.2) is 20.4 Å². The largest absolute Gasteiger partial charge is 0.422 e. The van der Waals surface area contributed by atoms with E-state index in [4.69, 9.17) is 25.6 Å². The molecule has 3 heterocycles. The van der Waals surface area contributed by atoms with Gasteiger partial charge in [0.15, 0.2) is 5.82 Å². The Kier molecular flexibility index (Phi) is 7.99. The van der Waals surface area contributed by atoms with E-state index in [1.165, 1.54) is 0 Å². The van der Waals surface area contributed by atoms with Gasteiger partial charge < -0.3 is 20.3 Å². The van der Waals surface area contributed by atoms with Gasteiger partial charge in [-0.15, -0.1) is 20.4 Å². The van der Waals surface area contributed by atoms with Gasteiger partial charge in [-0.3, -0.25) is 0 Å². The second-order valence-corrected chi connectivity index (χ2v) is 10.8. The Morgan fingerprint density at radius 3 is 1.64 bits per heavy atom. The minimum absolute atomic E-state index is 0.396. The molecule has 0 fully saturated rings. The van der Waals surface area contributed by atoms with Gasteiger partial charge >= 0.3 is 11.3 Å². The molecule has 0 aliphatic heterocycles. The van der Waals surface area contributed by atoms with E-state index < -0.39 is 11.3 Å². The molecule has 0 saturated heterocycles. The summed E-state index contributed by atoms with van der Waals surface area (Å²) in [4.78, 5) is 24.9. The van der Waals surface area contributed by atoms with Crippen LogP contribution in [-0.2, 0) is 0 Å². The molecule has 0 saturated carbocycles. The number of hydrogen-bond donors (Lipinski definition) is 2. The molecular weight excluding hydrogens is 594 g/mol. The van der Waals surface area contributed by atoms with Crippen LogP contribution in [0.1, 0.15) is 22.5 Å². The van der Waals surface area contributed by atoms with Gasteiger partial charge in [-0.25, -0.2) is 9.59 Å². The first-order valence-corrected chi connectivity index (χ1v) is 14.4. The van der Waals surface area contributed by atoms with Crippen LogP contribution in [0.5, 0.6) is 0 Å². The number of fused-ring (bicyclic) bond motifs is 2. The summed E-state index contributed by atoms with van der Waals surface area (Å²) in [6.45, 7) is 5.48. The predicted octanol–water partition coefficient (Wildman–Crippen LogP) is 6.13. The van der Waals surface area contributed by atoms with E-state index in [1.54, 1.807) is 55.5 Å². The molecule has 7 aromatic rings. The highest BCUT2D eigenvalue weighted by Crippen LogP contribution is 2.30. The molecule has 0 radical (unpaired) electrons. The van der Waals surface area contributed by atoms with Crippen molar-refractivity contribution in [3.05, 3.63) is 128 Å². The lowest BCUT2D eigenvalue weighted by Gasteiger charge is -2.09. The molecule has 0 unspecified atom stereocenters. The van der Waals surface area contributed by atoms with Gasteiger partial charge in [0.1, 0.15) is 11.2 Å². The molecule has 0 atom stereocenters. The maximum absolute atomic E-state index is 12.6. The Morgan fingerprint density at radius 1 is 0.617 bits per heavy atom. The highest BCUT2D eigenvalue weighted by atomic mass is 16.4. The fourth-order valence-corrected chi connectivity index (χ4v) is 5.37. The summed E-state index contributed by atoms with van der Waals surface area (Å²) in [7, 11) is 0. The average molecular weight is 622 g/mol. The topological polar surface area (TPSA) is 188 Å². The standard InChI is InChI=1S/C19H15N5O2.C17H12N2O2/c1-10-15-7-6-14(20)9-16(15)26-19(25)17(10)12-4-3-5-13(8-12)18-23-21-11(2)22-24-18;1-10-14-6-5-13(19)8-15(14)21-17(20)16(10)12-4-2-3-11(7-12)9-18/h3-9H,20H2,1-2H3;2-8H,19H2,1H3. The summed E-state index contributed by atoms with van der Waals surface area (Å²) in [5, 5.41) is 26.6. The van der Waals surface area contributed by atoms with Gasteiger partial charge in [0.05, 0.1) is 22.8 Å². The Balaban J connectivity index is 0.000000168. The number of nitrogens with two attached hydrogens (primary N) is 2. The summed E-state index contributed by atoms with van der Waals surface area (Å²) in [5.74, 6) is 0.892. The molecule has 4 aromatic carbocycles. The maximum atomic E-state index is 12.6. The first-order chi connectivity index (χ1) is 22.6. The van der Waals surface area contributed by atoms with Crippen molar-refractivity contribution in [2.75, 3.05) is 11.5 Å². The third kappa shape index (κ3) is 6.03. The number of aromatic nitrogens is 4. The van der Waals surface area contributed by atoms with Crippen LogP contribution < -0.4 is 22.7 Å². The minimum Gasteiger partial charge on any atom is -0.422 e. The Morgan fingerprint density at radius 2 is 1.11 bits per heavy atom. The van der Waals surface area contributed by atoms with E-state index in [2.05, 4.69) is 26.5 Å². The zero-order valence-electron chi connectivity index (χ0n) is 25.6. The van der Waals surface area contributed by atoms with Crippen LogP contribution in [0.2, 0.25) is 0 Å². The molecule has 0 aliphatic carbocycles. The van der Waals surface area contributed by atoms with Crippen molar-refractivity contribution in [1.29, 1.82) is 5.26 Å². The van der Waals surface area contributed by atoms with Crippen molar-refractivity contribution in [3.8, 4) is 39.7 Å². The number of benzene rings is 4. The Bertz CT molecular complexity index is 2480. The van der Waals surface area contributed by atoms with Gasteiger partial charge in [-0.1, -0.05) is 30.3 Å². The first-order valence-electron chi connectivity index (χ1n) is 14.4. The molecule has 230 valence electrons. The summed E-state index contributed by atoms with van der Waals surface area (Å²) in [6, 6.07) is 26.9. The van der Waals surface area contributed by atoms with Crippen molar-refractivity contribution < 1.29 is 8.83 Å². The van der Waals surface area contributed by atoms with Crippen molar-refractivity contribution in [2.45, 2.75) is 20.8 Å². The number of nitrogens with zero attached hydrogens (tertiary/aromatic N) is 5. The summed E-state index contributed by atoms with van der Waals surface area (Å²) >= 11 is 0. The quantitative estimate of drug-likeness (QED) is 0.171. The van der Waals surface area contributed by atoms with E-state index >= 15 is 0 Å². The lowest BCUT2D eigenvalue weighted by atomic mass is 9.98. The van der Waals surface area contributed by atoms with Crippen molar-refractivity contribution in [2.24, 2.45) is 0 Å². The van der Waals surface area contributed by atoms with Crippen LogP contribution in [0, 0.1) is 32.1 Å². The van der Waals surface area contributed by atoms with E-state index in [0.717, 1.165) is 33.0 Å². The molecule has 7 rings (SSSR count). The summed E-state index contributed by atoms with van der Waals surface area (Å²) in [6.07, 6.45) is 0. The van der Waals surface area contributed by atoms with Crippen molar-refractivity contribution in [1.82, 2.24) is 20.4 Å². The monoisotopic (exact) mass is 621 g/mol. The van der Waals surface area contributed by atoms with E-state index in [1.807, 2.05) is 50.2 Å². The van der Waals surface area contributed by atoms with Gasteiger partial charge in [0.25, 0.3) is 0 Å². The molecule has 0 aliphatic rings. The van der Waals surface area contributed by atoms with Gasteiger partial charge in [-0.05, 0) is 85.5 Å². The third-order valence-electron chi connectivity index (χ3n) is 7.65. The van der Waals surface area contributed by atoms with Crippen LogP contribution >= 0.6 is 0 Å². The number of rotatable bonds is 3. The number of hydrogen-bond acceptors (Lipinski definition) is 11. The number of aryl methyl sites for hydroxylation is 3. The molecule has 11 heteroatoms. The van der Waals surface area contributed by atoms with Crippen LogP contribution in [0.25, 0.3) is 55.6 Å². The molecule has 3 aromatic heterocycles. The lowest BCUT2D eigenvalue weighted by molar-refractivity contribution is 0.562. The average Bonchev–Trinajstić information content (AvgIpc) is 3.05. The normalized spacial score (nSPS) is 10.8. The first kappa shape index (κ1) is 30.4.